The zero-order valence-electron chi connectivity index (χ0n) is 24.1. The Kier molecular flexibility index (Phi) is 10.8. The molecule has 0 N–H and O–H groups in total. The molecule has 0 aliphatic carbocycles. The summed E-state index contributed by atoms with van der Waals surface area (Å²) in [6.07, 6.45) is -1.18. The van der Waals surface area contributed by atoms with Gasteiger partial charge in [-0.05, 0) is 47.1 Å². The van der Waals surface area contributed by atoms with Crippen molar-refractivity contribution in [2.45, 2.75) is 84.3 Å². The summed E-state index contributed by atoms with van der Waals surface area (Å²) in [6.45, 7) is 8.39. The molecule has 0 radical (unpaired) electrons. The monoisotopic (exact) mass is 562 g/mol. The van der Waals surface area contributed by atoms with Crippen LogP contribution < -0.4 is 0 Å². The largest absolute Gasteiger partial charge is 0.469 e. The van der Waals surface area contributed by atoms with Crippen molar-refractivity contribution >= 4 is 35.7 Å². The van der Waals surface area contributed by atoms with Crippen molar-refractivity contribution in [2.24, 2.45) is 0 Å². The Hall–Kier alpha value is -3.96. The number of nitrogens with zero attached hydrogens (tertiary/aromatic N) is 2. The van der Waals surface area contributed by atoms with Crippen molar-refractivity contribution in [1.29, 1.82) is 0 Å². The lowest BCUT2D eigenvalue weighted by Gasteiger charge is -2.44. The number of hydrogen-bond donors (Lipinski definition) is 0. The zero-order chi connectivity index (χ0) is 30.3. The quantitative estimate of drug-likeness (QED) is 0.305. The van der Waals surface area contributed by atoms with Crippen LogP contribution >= 0.6 is 0 Å². The number of piperazine rings is 1. The first-order valence-electron chi connectivity index (χ1n) is 12.8. The van der Waals surface area contributed by atoms with E-state index in [1.807, 2.05) is 0 Å². The summed E-state index contributed by atoms with van der Waals surface area (Å²) in [7, 11) is 1.11. The van der Waals surface area contributed by atoms with Gasteiger partial charge in [0.25, 0.3) is 0 Å². The molecule has 1 aliphatic heterocycles. The molecule has 220 valence electrons. The van der Waals surface area contributed by atoms with E-state index in [1.165, 1.54) is 0 Å². The molecule has 0 saturated carbocycles. The van der Waals surface area contributed by atoms with Gasteiger partial charge < -0.3 is 28.7 Å². The third-order valence-electron chi connectivity index (χ3n) is 5.52. The predicted molar refractivity (Wildman–Crippen MR) is 140 cm³/mol. The van der Waals surface area contributed by atoms with Crippen molar-refractivity contribution in [3.8, 4) is 0 Å². The molecule has 1 heterocycles. The molecular formula is C28H38N2O10. The molecule has 12 nitrogen and oxygen atoms in total. The van der Waals surface area contributed by atoms with Gasteiger partial charge in [-0.1, -0.05) is 30.3 Å². The van der Waals surface area contributed by atoms with E-state index in [2.05, 4.69) is 4.74 Å². The summed E-state index contributed by atoms with van der Waals surface area (Å²) < 4.78 is 20.6. The minimum Gasteiger partial charge on any atom is -0.469 e. The third-order valence-corrected chi connectivity index (χ3v) is 5.52. The molecule has 40 heavy (non-hydrogen) atoms. The number of hydrogen-bond acceptors (Lipinski definition) is 10. The Morgan fingerprint density at radius 2 is 1.12 bits per heavy atom. The van der Waals surface area contributed by atoms with Crippen molar-refractivity contribution < 1.29 is 47.7 Å². The molecule has 1 aliphatic rings. The minimum atomic E-state index is -1.50. The van der Waals surface area contributed by atoms with Gasteiger partial charge in [0, 0.05) is 0 Å². The van der Waals surface area contributed by atoms with Crippen LogP contribution in [0.3, 0.4) is 0 Å². The van der Waals surface area contributed by atoms with Crippen LogP contribution in [-0.2, 0) is 54.3 Å². The van der Waals surface area contributed by atoms with Gasteiger partial charge in [-0.3, -0.25) is 28.8 Å². The molecule has 2 amide bonds. The zero-order valence-corrected chi connectivity index (χ0v) is 24.1. The predicted octanol–water partition coefficient (Wildman–Crippen LogP) is 1.77. The molecule has 12 heteroatoms. The number of ether oxygens (including phenoxy) is 4. The summed E-state index contributed by atoms with van der Waals surface area (Å²) >= 11 is 0. The lowest BCUT2D eigenvalue weighted by atomic mass is 9.99. The molecule has 0 unspecified atom stereocenters. The van der Waals surface area contributed by atoms with Crippen LogP contribution in [0.2, 0.25) is 0 Å². The van der Waals surface area contributed by atoms with Gasteiger partial charge in [-0.2, -0.15) is 0 Å². The first kappa shape index (κ1) is 32.3. The van der Waals surface area contributed by atoms with Crippen LogP contribution in [0.4, 0.5) is 0 Å². The second kappa shape index (κ2) is 13.4. The Morgan fingerprint density at radius 3 is 1.52 bits per heavy atom. The highest BCUT2D eigenvalue weighted by Gasteiger charge is 2.49. The standard InChI is InChI=1S/C28H38N2O10/c1-27(2,3)39-23(33)15-29-19(13-21(31)37-7)25(35)30(16-24(34)40-28(4,5)6)20(26(29)36)14-22(32)38-17-18-11-9-8-10-12-18/h8-12,19-20H,13-17H2,1-7H3/t19-,20-/m0/s1. The Bertz CT molecular complexity index is 1100. The number of amides is 2. The van der Waals surface area contributed by atoms with Crippen LogP contribution in [0.25, 0.3) is 0 Å². The second-order valence-electron chi connectivity index (χ2n) is 11.3. The van der Waals surface area contributed by atoms with E-state index in [-0.39, 0.29) is 6.61 Å². The van der Waals surface area contributed by atoms with Gasteiger partial charge in [0.05, 0.1) is 20.0 Å². The van der Waals surface area contributed by atoms with E-state index in [4.69, 9.17) is 14.2 Å². The van der Waals surface area contributed by atoms with Crippen LogP contribution in [0.1, 0.15) is 59.9 Å². The fourth-order valence-electron chi connectivity index (χ4n) is 3.95. The van der Waals surface area contributed by atoms with Gasteiger partial charge in [-0.25, -0.2) is 0 Å². The summed E-state index contributed by atoms with van der Waals surface area (Å²) in [4.78, 5) is 79.5. The van der Waals surface area contributed by atoms with Crippen LogP contribution in [-0.4, -0.2) is 89.0 Å². The van der Waals surface area contributed by atoms with Gasteiger partial charge >= 0.3 is 23.9 Å². The van der Waals surface area contributed by atoms with Gasteiger partial charge in [0.2, 0.25) is 11.8 Å². The molecule has 0 spiro atoms. The molecule has 1 aromatic rings. The topological polar surface area (TPSA) is 146 Å². The fourth-order valence-corrected chi connectivity index (χ4v) is 3.95. The maximum absolute atomic E-state index is 13.8. The summed E-state index contributed by atoms with van der Waals surface area (Å²) in [5, 5.41) is 0. The smallest absolute Gasteiger partial charge is 0.326 e. The molecule has 1 aromatic carbocycles. The number of methoxy groups -OCH3 is 1. The van der Waals surface area contributed by atoms with Crippen molar-refractivity contribution in [2.75, 3.05) is 20.2 Å². The van der Waals surface area contributed by atoms with E-state index in [0.717, 1.165) is 16.9 Å². The minimum absolute atomic E-state index is 0.0762. The molecule has 0 bridgehead atoms. The highest BCUT2D eigenvalue weighted by molar-refractivity contribution is 6.02. The lowest BCUT2D eigenvalue weighted by molar-refractivity contribution is -0.176. The first-order chi connectivity index (χ1) is 18.5. The van der Waals surface area contributed by atoms with Crippen molar-refractivity contribution in [3.63, 3.8) is 0 Å². The Morgan fingerprint density at radius 1 is 0.700 bits per heavy atom. The second-order valence-corrected chi connectivity index (χ2v) is 11.3. The van der Waals surface area contributed by atoms with E-state index < -0.39 is 84.9 Å². The average Bonchev–Trinajstić information content (AvgIpc) is 2.83. The SMILES string of the molecule is COC(=O)C[C@H]1C(=O)N(CC(=O)OC(C)(C)C)[C@@H](CC(=O)OCc2ccccc2)C(=O)N1CC(=O)OC(C)(C)C. The number of carbonyl (C=O) groups excluding carboxylic acids is 6. The number of carbonyl (C=O) groups is 6. The van der Waals surface area contributed by atoms with E-state index >= 15 is 0 Å². The van der Waals surface area contributed by atoms with Crippen LogP contribution in [0.15, 0.2) is 30.3 Å². The lowest BCUT2D eigenvalue weighted by Crippen LogP contribution is -2.67. The summed E-state index contributed by atoms with van der Waals surface area (Å²) in [6, 6.07) is 5.85. The molecule has 2 atom stereocenters. The Balaban J connectivity index is 2.40. The van der Waals surface area contributed by atoms with Crippen LogP contribution in [0, 0.1) is 0 Å². The molecule has 1 fully saturated rings. The van der Waals surface area contributed by atoms with Crippen LogP contribution in [0.5, 0.6) is 0 Å². The van der Waals surface area contributed by atoms with Gasteiger partial charge in [0.15, 0.2) is 0 Å². The number of benzene rings is 1. The molecular weight excluding hydrogens is 524 g/mol. The molecule has 1 saturated heterocycles. The highest BCUT2D eigenvalue weighted by atomic mass is 16.6. The fraction of sp³-hybridized carbons (Fsp3) is 0.571. The van der Waals surface area contributed by atoms with E-state index in [0.29, 0.717) is 5.56 Å². The Labute approximate surface area is 233 Å². The third kappa shape index (κ3) is 9.97. The number of rotatable bonds is 10. The summed E-state index contributed by atoms with van der Waals surface area (Å²) in [5.74, 6) is -4.95. The molecule has 2 rings (SSSR count). The van der Waals surface area contributed by atoms with Gasteiger partial charge in [-0.15, -0.1) is 0 Å². The maximum Gasteiger partial charge on any atom is 0.326 e. The maximum atomic E-state index is 13.8. The van der Waals surface area contributed by atoms with Crippen molar-refractivity contribution in [1.82, 2.24) is 9.80 Å². The van der Waals surface area contributed by atoms with Gasteiger partial charge in [0.1, 0.15) is 43.0 Å². The average molecular weight is 563 g/mol. The van der Waals surface area contributed by atoms with E-state index in [1.54, 1.807) is 71.9 Å². The first-order valence-corrected chi connectivity index (χ1v) is 12.8. The van der Waals surface area contributed by atoms with E-state index in [9.17, 15) is 28.8 Å². The van der Waals surface area contributed by atoms with Crippen molar-refractivity contribution in [3.05, 3.63) is 35.9 Å². The molecule has 0 aromatic heterocycles. The normalized spacial score (nSPS) is 17.8. The highest BCUT2D eigenvalue weighted by Crippen LogP contribution is 2.25. The summed E-state index contributed by atoms with van der Waals surface area (Å²) in [5.41, 5.74) is -1.07. The number of esters is 4.